The highest BCUT2D eigenvalue weighted by molar-refractivity contribution is 8.03. The van der Waals surface area contributed by atoms with Crippen LogP contribution in [0.1, 0.15) is 16.9 Å². The van der Waals surface area contributed by atoms with Crippen molar-refractivity contribution in [3.8, 4) is 0 Å². The SMILES string of the molecule is Cc1ccc(N2C(=O)C(SCc3ccco3)=C(c3ccc(Cl)cc3)C2=O)cc1Cl. The van der Waals surface area contributed by atoms with Gasteiger partial charge in [-0.05, 0) is 54.4 Å². The molecule has 0 aliphatic carbocycles. The van der Waals surface area contributed by atoms with Crippen molar-refractivity contribution in [2.45, 2.75) is 12.7 Å². The number of carbonyl (C=O) groups is 2. The smallest absolute Gasteiger partial charge is 0.272 e. The molecule has 3 aromatic rings. The topological polar surface area (TPSA) is 50.5 Å². The van der Waals surface area contributed by atoms with Gasteiger partial charge in [-0.2, -0.15) is 0 Å². The number of nitrogens with zero attached hydrogens (tertiary/aromatic N) is 1. The summed E-state index contributed by atoms with van der Waals surface area (Å²) < 4.78 is 5.36. The summed E-state index contributed by atoms with van der Waals surface area (Å²) in [6.45, 7) is 1.86. The molecule has 146 valence electrons. The molecule has 0 atom stereocenters. The molecule has 1 aliphatic rings. The number of aryl methyl sites for hydroxylation is 1. The number of hydrogen-bond donors (Lipinski definition) is 0. The van der Waals surface area contributed by atoms with Gasteiger partial charge in [0.1, 0.15) is 5.76 Å². The highest BCUT2D eigenvalue weighted by atomic mass is 35.5. The Bertz CT molecular complexity index is 1120. The predicted molar refractivity (Wildman–Crippen MR) is 117 cm³/mol. The first-order valence-electron chi connectivity index (χ1n) is 8.76. The van der Waals surface area contributed by atoms with Gasteiger partial charge in [0.2, 0.25) is 0 Å². The molecule has 4 rings (SSSR count). The third-order valence-corrected chi connectivity index (χ3v) is 6.28. The van der Waals surface area contributed by atoms with E-state index >= 15 is 0 Å². The highest BCUT2D eigenvalue weighted by Crippen LogP contribution is 2.40. The van der Waals surface area contributed by atoms with Crippen LogP contribution >= 0.6 is 35.0 Å². The molecular weight excluding hydrogens is 429 g/mol. The lowest BCUT2D eigenvalue weighted by atomic mass is 10.1. The van der Waals surface area contributed by atoms with Crippen molar-refractivity contribution in [1.29, 1.82) is 0 Å². The summed E-state index contributed by atoms with van der Waals surface area (Å²) in [5.41, 5.74) is 2.29. The fraction of sp³-hybridized carbons (Fsp3) is 0.0909. The van der Waals surface area contributed by atoms with E-state index < -0.39 is 0 Å². The first-order chi connectivity index (χ1) is 14.0. The number of hydrogen-bond acceptors (Lipinski definition) is 4. The normalized spacial score (nSPS) is 14.2. The second kappa shape index (κ2) is 8.11. The third kappa shape index (κ3) is 3.86. The van der Waals surface area contributed by atoms with E-state index in [1.807, 2.05) is 13.0 Å². The van der Waals surface area contributed by atoms with Gasteiger partial charge in [-0.15, -0.1) is 11.8 Å². The number of thioether (sulfide) groups is 1. The van der Waals surface area contributed by atoms with Crippen LogP contribution in [0.2, 0.25) is 10.0 Å². The van der Waals surface area contributed by atoms with Gasteiger partial charge in [-0.1, -0.05) is 41.4 Å². The van der Waals surface area contributed by atoms with Crippen LogP contribution in [0.3, 0.4) is 0 Å². The first kappa shape index (κ1) is 19.8. The molecule has 0 fully saturated rings. The van der Waals surface area contributed by atoms with Crippen molar-refractivity contribution in [2.24, 2.45) is 0 Å². The molecule has 0 spiro atoms. The molecule has 1 aromatic heterocycles. The van der Waals surface area contributed by atoms with Crippen molar-refractivity contribution in [2.75, 3.05) is 4.90 Å². The van der Waals surface area contributed by atoms with Crippen LogP contribution < -0.4 is 4.90 Å². The number of amides is 2. The molecule has 4 nitrogen and oxygen atoms in total. The minimum atomic E-state index is -0.390. The summed E-state index contributed by atoms with van der Waals surface area (Å²) in [6.07, 6.45) is 1.58. The van der Waals surface area contributed by atoms with Crippen LogP contribution in [0.15, 0.2) is 70.2 Å². The summed E-state index contributed by atoms with van der Waals surface area (Å²) in [6, 6.07) is 15.6. The average molecular weight is 444 g/mol. The fourth-order valence-electron chi connectivity index (χ4n) is 3.01. The summed E-state index contributed by atoms with van der Waals surface area (Å²) in [5.74, 6) is 0.381. The maximum Gasteiger partial charge on any atom is 0.272 e. The monoisotopic (exact) mass is 443 g/mol. The lowest BCUT2D eigenvalue weighted by Crippen LogP contribution is -2.31. The summed E-state index contributed by atoms with van der Waals surface area (Å²) >= 11 is 13.5. The minimum Gasteiger partial charge on any atom is -0.468 e. The Morgan fingerprint density at radius 2 is 1.76 bits per heavy atom. The quantitative estimate of drug-likeness (QED) is 0.446. The summed E-state index contributed by atoms with van der Waals surface area (Å²) in [7, 11) is 0. The molecule has 0 saturated heterocycles. The summed E-state index contributed by atoms with van der Waals surface area (Å²) in [5, 5.41) is 1.05. The van der Waals surface area contributed by atoms with E-state index in [4.69, 9.17) is 27.6 Å². The van der Waals surface area contributed by atoms with Crippen molar-refractivity contribution in [3.63, 3.8) is 0 Å². The van der Waals surface area contributed by atoms with Crippen LogP contribution in [-0.2, 0) is 15.3 Å². The Morgan fingerprint density at radius 3 is 2.41 bits per heavy atom. The zero-order valence-electron chi connectivity index (χ0n) is 15.3. The molecule has 2 amide bonds. The largest absolute Gasteiger partial charge is 0.468 e. The van der Waals surface area contributed by atoms with Gasteiger partial charge in [-0.25, -0.2) is 4.90 Å². The van der Waals surface area contributed by atoms with Crippen molar-refractivity contribution < 1.29 is 14.0 Å². The summed E-state index contributed by atoms with van der Waals surface area (Å²) in [4.78, 5) is 28.1. The Hall–Kier alpha value is -2.47. The molecular formula is C22H15Cl2NO3S. The zero-order valence-corrected chi connectivity index (χ0v) is 17.6. The molecule has 2 aromatic carbocycles. The van der Waals surface area contributed by atoms with E-state index in [9.17, 15) is 9.59 Å². The predicted octanol–water partition coefficient (Wildman–Crippen LogP) is 6.11. The molecule has 1 aliphatic heterocycles. The molecule has 0 bridgehead atoms. The lowest BCUT2D eigenvalue weighted by Gasteiger charge is -2.16. The highest BCUT2D eigenvalue weighted by Gasteiger charge is 2.40. The van der Waals surface area contributed by atoms with Crippen LogP contribution in [0.4, 0.5) is 5.69 Å². The zero-order chi connectivity index (χ0) is 20.5. The number of rotatable bonds is 5. The van der Waals surface area contributed by atoms with Gasteiger partial charge in [-0.3, -0.25) is 9.59 Å². The number of anilines is 1. The Morgan fingerprint density at radius 1 is 1.00 bits per heavy atom. The standard InChI is InChI=1S/C22H15Cl2NO3S/c1-13-4-9-16(11-18(13)24)25-21(26)19(14-5-7-15(23)8-6-14)20(22(25)27)29-12-17-3-2-10-28-17/h2-11H,12H2,1H3. The average Bonchev–Trinajstić information content (AvgIpc) is 3.30. The van der Waals surface area contributed by atoms with Crippen LogP contribution in [0.5, 0.6) is 0 Å². The number of imide groups is 1. The number of halogens is 2. The Labute approximate surface area is 182 Å². The second-order valence-electron chi connectivity index (χ2n) is 6.46. The fourth-order valence-corrected chi connectivity index (χ4v) is 4.32. The van der Waals surface area contributed by atoms with Crippen LogP contribution in [-0.4, -0.2) is 11.8 Å². The van der Waals surface area contributed by atoms with Gasteiger partial charge in [0, 0.05) is 10.0 Å². The molecule has 7 heteroatoms. The van der Waals surface area contributed by atoms with E-state index in [2.05, 4.69) is 0 Å². The maximum atomic E-state index is 13.3. The lowest BCUT2D eigenvalue weighted by molar-refractivity contribution is -0.119. The van der Waals surface area contributed by atoms with Crippen LogP contribution in [0, 0.1) is 6.92 Å². The van der Waals surface area contributed by atoms with E-state index in [0.717, 1.165) is 11.3 Å². The Balaban J connectivity index is 1.76. The van der Waals surface area contributed by atoms with Crippen molar-refractivity contribution in [1.82, 2.24) is 0 Å². The third-order valence-electron chi connectivity index (χ3n) is 4.53. The van der Waals surface area contributed by atoms with Gasteiger partial charge in [0.15, 0.2) is 0 Å². The number of carbonyl (C=O) groups excluding carboxylic acids is 2. The van der Waals surface area contributed by atoms with Gasteiger partial charge in [0.25, 0.3) is 11.8 Å². The number of furan rings is 1. The van der Waals surface area contributed by atoms with E-state index in [-0.39, 0.29) is 11.8 Å². The Kier molecular flexibility index (Phi) is 5.54. The van der Waals surface area contributed by atoms with Crippen molar-refractivity contribution in [3.05, 3.63) is 92.7 Å². The molecule has 2 heterocycles. The van der Waals surface area contributed by atoms with Crippen molar-refractivity contribution >= 4 is 58.0 Å². The molecule has 0 saturated carbocycles. The second-order valence-corrected chi connectivity index (χ2v) is 8.29. The van der Waals surface area contributed by atoms with Gasteiger partial charge in [0.05, 0.1) is 28.2 Å². The van der Waals surface area contributed by atoms with Gasteiger partial charge < -0.3 is 4.42 Å². The van der Waals surface area contributed by atoms with E-state index in [0.29, 0.717) is 37.5 Å². The van der Waals surface area contributed by atoms with Crippen LogP contribution in [0.25, 0.3) is 5.57 Å². The molecule has 29 heavy (non-hydrogen) atoms. The van der Waals surface area contributed by atoms with E-state index in [1.165, 1.54) is 16.7 Å². The molecule has 0 unspecified atom stereocenters. The van der Waals surface area contributed by atoms with E-state index in [1.54, 1.807) is 54.8 Å². The molecule has 0 N–H and O–H groups in total. The minimum absolute atomic E-state index is 0.347. The first-order valence-corrected chi connectivity index (χ1v) is 10.5. The number of benzene rings is 2. The molecule has 0 radical (unpaired) electrons. The maximum absolute atomic E-state index is 13.3. The van der Waals surface area contributed by atoms with Gasteiger partial charge >= 0.3 is 0 Å².